The van der Waals surface area contributed by atoms with Crippen LogP contribution in [-0.2, 0) is 0 Å². The Morgan fingerprint density at radius 3 is 2.72 bits per heavy atom. The monoisotopic (exact) mass is 252 g/mol. The molecule has 1 saturated heterocycles. The Balaban J connectivity index is 2.12. The van der Waals surface area contributed by atoms with Crippen LogP contribution < -0.4 is 10.1 Å². The third-order valence-corrected chi connectivity index (χ3v) is 3.87. The van der Waals surface area contributed by atoms with E-state index in [9.17, 15) is 4.39 Å². The lowest BCUT2D eigenvalue weighted by Crippen LogP contribution is -2.57. The first-order valence-corrected chi connectivity index (χ1v) is 6.54. The molecular formula is C14H21FN2O. The van der Waals surface area contributed by atoms with E-state index < -0.39 is 5.95 Å². The van der Waals surface area contributed by atoms with Gasteiger partial charge in [-0.05, 0) is 31.5 Å². The molecule has 1 aliphatic rings. The molecule has 18 heavy (non-hydrogen) atoms. The Hall–Kier alpha value is -1.16. The molecular weight excluding hydrogens is 231 g/mol. The van der Waals surface area contributed by atoms with E-state index in [1.54, 1.807) is 6.07 Å². The third-order valence-electron chi connectivity index (χ3n) is 3.87. The van der Waals surface area contributed by atoms with Crippen molar-refractivity contribution in [3.8, 4) is 5.75 Å². The SMILES string of the molecule is CCC(C)(C)C(Oc1ccc(F)nc1)[C@H]1CCN1. The molecule has 100 valence electrons. The van der Waals surface area contributed by atoms with Crippen LogP contribution in [0.25, 0.3) is 0 Å². The van der Waals surface area contributed by atoms with Crippen molar-refractivity contribution in [3.63, 3.8) is 0 Å². The fourth-order valence-electron chi connectivity index (χ4n) is 2.14. The van der Waals surface area contributed by atoms with Crippen LogP contribution in [-0.4, -0.2) is 23.7 Å². The second-order valence-corrected chi connectivity index (χ2v) is 5.55. The highest BCUT2D eigenvalue weighted by Gasteiger charge is 2.39. The molecule has 4 heteroatoms. The van der Waals surface area contributed by atoms with Crippen LogP contribution in [0, 0.1) is 11.4 Å². The number of ether oxygens (including phenoxy) is 1. The fraction of sp³-hybridized carbons (Fsp3) is 0.643. The fourth-order valence-corrected chi connectivity index (χ4v) is 2.14. The van der Waals surface area contributed by atoms with Gasteiger partial charge in [-0.2, -0.15) is 4.39 Å². The Bertz CT molecular complexity index is 387. The summed E-state index contributed by atoms with van der Waals surface area (Å²) in [6.45, 7) is 7.62. The smallest absolute Gasteiger partial charge is 0.213 e. The van der Waals surface area contributed by atoms with Gasteiger partial charge in [-0.25, -0.2) is 4.98 Å². The summed E-state index contributed by atoms with van der Waals surface area (Å²) in [6.07, 6.45) is 3.70. The second kappa shape index (κ2) is 5.22. The van der Waals surface area contributed by atoms with Crippen molar-refractivity contribution in [1.29, 1.82) is 0 Å². The molecule has 1 aromatic heterocycles. The van der Waals surface area contributed by atoms with E-state index in [2.05, 4.69) is 31.1 Å². The van der Waals surface area contributed by atoms with Crippen LogP contribution in [0.3, 0.4) is 0 Å². The summed E-state index contributed by atoms with van der Waals surface area (Å²) in [7, 11) is 0. The maximum atomic E-state index is 12.8. The largest absolute Gasteiger partial charge is 0.487 e. The van der Waals surface area contributed by atoms with Crippen LogP contribution in [0.4, 0.5) is 4.39 Å². The normalized spacial score (nSPS) is 21.2. The number of halogens is 1. The number of pyridine rings is 1. The minimum absolute atomic E-state index is 0.0759. The minimum atomic E-state index is -0.476. The van der Waals surface area contributed by atoms with Crippen molar-refractivity contribution in [1.82, 2.24) is 10.3 Å². The van der Waals surface area contributed by atoms with Gasteiger partial charge in [-0.15, -0.1) is 0 Å². The highest BCUT2D eigenvalue weighted by Crippen LogP contribution is 2.33. The Morgan fingerprint density at radius 2 is 2.28 bits per heavy atom. The molecule has 0 bridgehead atoms. The zero-order valence-corrected chi connectivity index (χ0v) is 11.2. The number of aromatic nitrogens is 1. The number of hydrogen-bond donors (Lipinski definition) is 1. The third kappa shape index (κ3) is 2.80. The van der Waals surface area contributed by atoms with Gasteiger partial charge in [0.1, 0.15) is 11.9 Å². The van der Waals surface area contributed by atoms with Crippen molar-refractivity contribution in [2.75, 3.05) is 6.54 Å². The predicted molar refractivity (Wildman–Crippen MR) is 69.1 cm³/mol. The van der Waals surface area contributed by atoms with Gasteiger partial charge in [0.25, 0.3) is 0 Å². The van der Waals surface area contributed by atoms with Gasteiger partial charge in [-0.1, -0.05) is 20.8 Å². The van der Waals surface area contributed by atoms with Crippen molar-refractivity contribution in [2.45, 2.75) is 45.8 Å². The molecule has 2 heterocycles. The summed E-state index contributed by atoms with van der Waals surface area (Å²) in [5.41, 5.74) is 0.0759. The van der Waals surface area contributed by atoms with Gasteiger partial charge in [0.2, 0.25) is 5.95 Å². The molecule has 2 rings (SSSR count). The van der Waals surface area contributed by atoms with Crippen LogP contribution in [0.5, 0.6) is 5.75 Å². The molecule has 1 fully saturated rings. The lowest BCUT2D eigenvalue weighted by molar-refractivity contribution is 0.0161. The van der Waals surface area contributed by atoms with Crippen molar-refractivity contribution < 1.29 is 9.13 Å². The first-order chi connectivity index (χ1) is 8.53. The van der Waals surface area contributed by atoms with Crippen LogP contribution in [0.15, 0.2) is 18.3 Å². The topological polar surface area (TPSA) is 34.1 Å². The van der Waals surface area contributed by atoms with E-state index in [0.29, 0.717) is 11.8 Å². The first kappa shape index (κ1) is 13.3. The molecule has 0 spiro atoms. The van der Waals surface area contributed by atoms with Gasteiger partial charge >= 0.3 is 0 Å². The molecule has 2 atom stereocenters. The molecule has 1 aliphatic heterocycles. The van der Waals surface area contributed by atoms with Crippen LogP contribution >= 0.6 is 0 Å². The highest BCUT2D eigenvalue weighted by atomic mass is 19.1. The van der Waals surface area contributed by atoms with Crippen molar-refractivity contribution in [3.05, 3.63) is 24.3 Å². The molecule has 0 aliphatic carbocycles. The predicted octanol–water partition coefficient (Wildman–Crippen LogP) is 2.77. The average molecular weight is 252 g/mol. The van der Waals surface area contributed by atoms with Gasteiger partial charge < -0.3 is 10.1 Å². The number of nitrogens with zero attached hydrogens (tertiary/aromatic N) is 1. The van der Waals surface area contributed by atoms with Crippen LogP contribution in [0.2, 0.25) is 0 Å². The minimum Gasteiger partial charge on any atom is -0.487 e. The van der Waals surface area contributed by atoms with E-state index in [1.165, 1.54) is 12.3 Å². The maximum Gasteiger partial charge on any atom is 0.213 e. The van der Waals surface area contributed by atoms with E-state index in [-0.39, 0.29) is 11.5 Å². The summed E-state index contributed by atoms with van der Waals surface area (Å²) in [5.74, 6) is 0.159. The zero-order valence-electron chi connectivity index (χ0n) is 11.2. The number of nitrogens with one attached hydrogen (secondary N) is 1. The molecule has 1 N–H and O–H groups in total. The summed E-state index contributed by atoms with van der Waals surface area (Å²) >= 11 is 0. The van der Waals surface area contributed by atoms with Crippen LogP contribution in [0.1, 0.15) is 33.6 Å². The molecule has 1 unspecified atom stereocenters. The Morgan fingerprint density at radius 1 is 1.56 bits per heavy atom. The highest BCUT2D eigenvalue weighted by molar-refractivity contribution is 5.17. The van der Waals surface area contributed by atoms with Crippen molar-refractivity contribution >= 4 is 0 Å². The molecule has 0 saturated carbocycles. The molecule has 1 aromatic rings. The molecule has 0 radical (unpaired) electrons. The average Bonchev–Trinajstić information content (AvgIpc) is 2.28. The summed E-state index contributed by atoms with van der Waals surface area (Å²) < 4.78 is 18.8. The van der Waals surface area contributed by atoms with Gasteiger partial charge in [0.15, 0.2) is 0 Å². The summed E-state index contributed by atoms with van der Waals surface area (Å²) in [4.78, 5) is 3.63. The standard InChI is InChI=1S/C14H21FN2O/c1-4-14(2,3)13(11-7-8-16-11)18-10-5-6-12(15)17-9-10/h5-6,9,11,13,16H,4,7-8H2,1-3H3/t11-,13?/m1/s1. The Kier molecular flexibility index (Phi) is 3.85. The lowest BCUT2D eigenvalue weighted by atomic mass is 9.77. The molecule has 0 amide bonds. The van der Waals surface area contributed by atoms with E-state index in [1.807, 2.05) is 0 Å². The van der Waals surface area contributed by atoms with Gasteiger partial charge in [0.05, 0.1) is 6.20 Å². The van der Waals surface area contributed by atoms with Gasteiger partial charge in [0, 0.05) is 11.5 Å². The summed E-state index contributed by atoms with van der Waals surface area (Å²) in [5, 5.41) is 3.40. The van der Waals surface area contributed by atoms with E-state index in [0.717, 1.165) is 19.4 Å². The molecule has 3 nitrogen and oxygen atoms in total. The molecule has 0 aromatic carbocycles. The number of hydrogen-bond acceptors (Lipinski definition) is 3. The zero-order chi connectivity index (χ0) is 13.2. The summed E-state index contributed by atoms with van der Waals surface area (Å²) in [6, 6.07) is 3.35. The first-order valence-electron chi connectivity index (χ1n) is 6.54. The van der Waals surface area contributed by atoms with Gasteiger partial charge in [-0.3, -0.25) is 0 Å². The van der Waals surface area contributed by atoms with E-state index >= 15 is 0 Å². The van der Waals surface area contributed by atoms with E-state index in [4.69, 9.17) is 4.74 Å². The quantitative estimate of drug-likeness (QED) is 0.818. The second-order valence-electron chi connectivity index (χ2n) is 5.55. The lowest BCUT2D eigenvalue weighted by Gasteiger charge is -2.43. The Labute approximate surface area is 108 Å². The van der Waals surface area contributed by atoms with Crippen molar-refractivity contribution in [2.24, 2.45) is 5.41 Å². The number of rotatable bonds is 5. The maximum absolute atomic E-state index is 12.8.